The van der Waals surface area contributed by atoms with Gasteiger partial charge in [-0.05, 0) is 30.0 Å². The number of carbonyl (C=O) groups is 1. The molecule has 1 amide bonds. The van der Waals surface area contributed by atoms with Gasteiger partial charge in [-0.2, -0.15) is 0 Å². The number of amides is 1. The Morgan fingerprint density at radius 1 is 1.09 bits per heavy atom. The van der Waals surface area contributed by atoms with Crippen molar-refractivity contribution < 1.29 is 9.53 Å². The first-order chi connectivity index (χ1) is 10.7. The van der Waals surface area contributed by atoms with E-state index in [0.29, 0.717) is 18.9 Å². The molecule has 1 atom stereocenters. The molecule has 0 aliphatic carbocycles. The highest BCUT2D eigenvalue weighted by molar-refractivity contribution is 6.18. The van der Waals surface area contributed by atoms with Crippen molar-refractivity contribution in [3.63, 3.8) is 0 Å². The molecule has 0 bridgehead atoms. The molecule has 0 saturated heterocycles. The largest absolute Gasteiger partial charge is 0.450 e. The second-order valence-electron chi connectivity index (χ2n) is 4.98. The molecular formula is C18H20ClNO2. The fourth-order valence-corrected chi connectivity index (χ4v) is 2.42. The van der Waals surface area contributed by atoms with Gasteiger partial charge in [-0.15, -0.1) is 11.6 Å². The van der Waals surface area contributed by atoms with Crippen molar-refractivity contribution in [3.8, 4) is 11.1 Å². The standard InChI is InChI=1S/C18H20ClNO2/c1-2-22-18(21)20-17(13-19)12-14-8-10-16(11-9-14)15-6-4-3-5-7-15/h3-11,17H,2,12-13H2,1H3,(H,20,21)/t17-/m1/s1. The number of alkyl halides is 1. The lowest BCUT2D eigenvalue weighted by molar-refractivity contribution is 0.149. The third-order valence-electron chi connectivity index (χ3n) is 3.33. The van der Waals surface area contributed by atoms with Crippen LogP contribution in [0.3, 0.4) is 0 Å². The molecule has 0 radical (unpaired) electrons. The maximum absolute atomic E-state index is 11.4. The number of ether oxygens (including phenoxy) is 1. The van der Waals surface area contributed by atoms with E-state index in [0.717, 1.165) is 5.56 Å². The summed E-state index contributed by atoms with van der Waals surface area (Å²) in [5.74, 6) is 0.346. The van der Waals surface area contributed by atoms with Crippen LogP contribution in [0.5, 0.6) is 0 Å². The highest BCUT2D eigenvalue weighted by Gasteiger charge is 2.12. The fourth-order valence-electron chi connectivity index (χ4n) is 2.23. The van der Waals surface area contributed by atoms with Crippen LogP contribution in [-0.4, -0.2) is 24.6 Å². The van der Waals surface area contributed by atoms with Gasteiger partial charge in [0.15, 0.2) is 0 Å². The molecule has 0 fully saturated rings. The van der Waals surface area contributed by atoms with Gasteiger partial charge >= 0.3 is 6.09 Å². The zero-order valence-electron chi connectivity index (χ0n) is 12.6. The van der Waals surface area contributed by atoms with Gasteiger partial charge in [-0.3, -0.25) is 0 Å². The summed E-state index contributed by atoms with van der Waals surface area (Å²) in [7, 11) is 0. The number of rotatable bonds is 6. The van der Waals surface area contributed by atoms with Crippen molar-refractivity contribution in [2.75, 3.05) is 12.5 Å². The Hall–Kier alpha value is -2.00. The molecule has 0 aliphatic heterocycles. The minimum Gasteiger partial charge on any atom is -0.450 e. The summed E-state index contributed by atoms with van der Waals surface area (Å²) in [5, 5.41) is 2.77. The molecular weight excluding hydrogens is 298 g/mol. The fraction of sp³-hybridized carbons (Fsp3) is 0.278. The summed E-state index contributed by atoms with van der Waals surface area (Å²) in [6, 6.07) is 18.4. The summed E-state index contributed by atoms with van der Waals surface area (Å²) in [5.41, 5.74) is 3.49. The van der Waals surface area contributed by atoms with E-state index in [1.165, 1.54) is 11.1 Å². The highest BCUT2D eigenvalue weighted by Crippen LogP contribution is 2.19. The second kappa shape index (κ2) is 8.44. The Kier molecular flexibility index (Phi) is 6.28. The lowest BCUT2D eigenvalue weighted by Crippen LogP contribution is -2.38. The van der Waals surface area contributed by atoms with Crippen LogP contribution >= 0.6 is 11.6 Å². The van der Waals surface area contributed by atoms with E-state index in [1.807, 2.05) is 18.2 Å². The third kappa shape index (κ3) is 4.78. The lowest BCUT2D eigenvalue weighted by atomic mass is 10.0. The topological polar surface area (TPSA) is 38.3 Å². The van der Waals surface area contributed by atoms with Gasteiger partial charge in [-0.1, -0.05) is 54.6 Å². The molecule has 3 nitrogen and oxygen atoms in total. The molecule has 22 heavy (non-hydrogen) atoms. The molecule has 2 aromatic rings. The van der Waals surface area contributed by atoms with Crippen LogP contribution in [0.4, 0.5) is 4.79 Å². The van der Waals surface area contributed by atoms with Crippen LogP contribution in [0.2, 0.25) is 0 Å². The Bertz CT molecular complexity index is 584. The van der Waals surface area contributed by atoms with Crippen molar-refractivity contribution in [2.24, 2.45) is 0 Å². The zero-order valence-corrected chi connectivity index (χ0v) is 13.3. The smallest absolute Gasteiger partial charge is 0.407 e. The lowest BCUT2D eigenvalue weighted by Gasteiger charge is -2.16. The van der Waals surface area contributed by atoms with E-state index >= 15 is 0 Å². The average Bonchev–Trinajstić information content (AvgIpc) is 2.56. The number of alkyl carbamates (subject to hydrolysis) is 1. The van der Waals surface area contributed by atoms with Crippen molar-refractivity contribution >= 4 is 17.7 Å². The molecule has 116 valence electrons. The van der Waals surface area contributed by atoms with Crippen molar-refractivity contribution in [2.45, 2.75) is 19.4 Å². The maximum Gasteiger partial charge on any atom is 0.407 e. The molecule has 0 aliphatic rings. The number of hydrogen-bond acceptors (Lipinski definition) is 2. The van der Waals surface area contributed by atoms with E-state index < -0.39 is 6.09 Å². The predicted molar refractivity (Wildman–Crippen MR) is 90.2 cm³/mol. The van der Waals surface area contributed by atoms with Gasteiger partial charge in [0.1, 0.15) is 0 Å². The molecule has 2 rings (SSSR count). The molecule has 0 spiro atoms. The number of nitrogens with one attached hydrogen (secondary N) is 1. The number of carbonyl (C=O) groups excluding carboxylic acids is 1. The Morgan fingerprint density at radius 3 is 2.32 bits per heavy atom. The average molecular weight is 318 g/mol. The van der Waals surface area contributed by atoms with Crippen LogP contribution in [0.25, 0.3) is 11.1 Å². The number of hydrogen-bond donors (Lipinski definition) is 1. The SMILES string of the molecule is CCOC(=O)N[C@@H](CCl)Cc1ccc(-c2ccccc2)cc1. The Balaban J connectivity index is 1.99. The van der Waals surface area contributed by atoms with E-state index in [9.17, 15) is 4.79 Å². The molecule has 0 saturated carbocycles. The maximum atomic E-state index is 11.4. The van der Waals surface area contributed by atoms with Crippen LogP contribution in [0, 0.1) is 0 Å². The normalized spacial score (nSPS) is 11.7. The zero-order chi connectivity index (χ0) is 15.8. The van der Waals surface area contributed by atoms with Crippen LogP contribution in [0.1, 0.15) is 12.5 Å². The van der Waals surface area contributed by atoms with Crippen molar-refractivity contribution in [1.82, 2.24) is 5.32 Å². The first-order valence-corrected chi connectivity index (χ1v) is 7.90. The summed E-state index contributed by atoms with van der Waals surface area (Å²) in [6.07, 6.45) is 0.256. The summed E-state index contributed by atoms with van der Waals surface area (Å²) >= 11 is 5.92. The van der Waals surface area contributed by atoms with Crippen LogP contribution < -0.4 is 5.32 Å². The summed E-state index contributed by atoms with van der Waals surface area (Å²) in [4.78, 5) is 11.4. The summed E-state index contributed by atoms with van der Waals surface area (Å²) in [6.45, 7) is 2.13. The van der Waals surface area contributed by atoms with Gasteiger partial charge in [0.2, 0.25) is 0 Å². The molecule has 0 heterocycles. The van der Waals surface area contributed by atoms with Gasteiger partial charge in [0, 0.05) is 11.9 Å². The van der Waals surface area contributed by atoms with E-state index in [2.05, 4.69) is 41.7 Å². The van der Waals surface area contributed by atoms with E-state index in [-0.39, 0.29) is 6.04 Å². The molecule has 2 aromatic carbocycles. The first kappa shape index (κ1) is 16.4. The molecule has 1 N–H and O–H groups in total. The second-order valence-corrected chi connectivity index (χ2v) is 5.29. The van der Waals surface area contributed by atoms with E-state index in [4.69, 9.17) is 16.3 Å². The summed E-state index contributed by atoms with van der Waals surface area (Å²) < 4.78 is 4.88. The molecule has 4 heteroatoms. The highest BCUT2D eigenvalue weighted by atomic mass is 35.5. The van der Waals surface area contributed by atoms with Gasteiger partial charge in [0.05, 0.1) is 6.61 Å². The monoisotopic (exact) mass is 317 g/mol. The Morgan fingerprint density at radius 2 is 1.73 bits per heavy atom. The van der Waals surface area contributed by atoms with Crippen LogP contribution in [-0.2, 0) is 11.2 Å². The van der Waals surface area contributed by atoms with Gasteiger partial charge in [-0.25, -0.2) is 4.79 Å². The Labute approximate surface area is 136 Å². The van der Waals surface area contributed by atoms with Crippen molar-refractivity contribution in [3.05, 3.63) is 60.2 Å². The van der Waals surface area contributed by atoms with Crippen molar-refractivity contribution in [1.29, 1.82) is 0 Å². The van der Waals surface area contributed by atoms with Crippen LogP contribution in [0.15, 0.2) is 54.6 Å². The third-order valence-corrected chi connectivity index (χ3v) is 3.70. The van der Waals surface area contributed by atoms with Gasteiger partial charge in [0.25, 0.3) is 0 Å². The number of benzene rings is 2. The molecule has 0 unspecified atom stereocenters. The molecule has 0 aromatic heterocycles. The number of halogens is 1. The quantitative estimate of drug-likeness (QED) is 0.809. The first-order valence-electron chi connectivity index (χ1n) is 7.36. The minimum absolute atomic E-state index is 0.136. The van der Waals surface area contributed by atoms with E-state index in [1.54, 1.807) is 6.92 Å². The predicted octanol–water partition coefficient (Wildman–Crippen LogP) is 4.25. The minimum atomic E-state index is -0.422. The van der Waals surface area contributed by atoms with Gasteiger partial charge < -0.3 is 10.1 Å².